The van der Waals surface area contributed by atoms with Crippen molar-refractivity contribution in [3.8, 4) is 11.5 Å². The van der Waals surface area contributed by atoms with E-state index in [-0.39, 0.29) is 18.2 Å². The van der Waals surface area contributed by atoms with Crippen molar-refractivity contribution in [1.29, 1.82) is 0 Å². The van der Waals surface area contributed by atoms with Crippen LogP contribution in [0.5, 0.6) is 11.5 Å². The first-order chi connectivity index (χ1) is 18.4. The van der Waals surface area contributed by atoms with E-state index < -0.39 is 66.0 Å². The van der Waals surface area contributed by atoms with Crippen molar-refractivity contribution in [2.75, 3.05) is 20.7 Å². The third-order valence-corrected chi connectivity index (χ3v) is 8.34. The van der Waals surface area contributed by atoms with Crippen LogP contribution in [-0.2, 0) is 40.5 Å². The third kappa shape index (κ3) is 4.03. The van der Waals surface area contributed by atoms with Crippen LogP contribution in [0.25, 0.3) is 0 Å². The van der Waals surface area contributed by atoms with Gasteiger partial charge in [0.1, 0.15) is 5.76 Å². The van der Waals surface area contributed by atoms with E-state index >= 15 is 0 Å². The van der Waals surface area contributed by atoms with Crippen molar-refractivity contribution in [2.45, 2.75) is 67.5 Å². The number of aliphatic hydroxyl groups is 2. The maximum absolute atomic E-state index is 12.9. The monoisotopic (exact) mass is 547 g/mol. The number of nitrogens with zero attached hydrogens (tertiary/aromatic N) is 1. The second kappa shape index (κ2) is 9.50. The molecule has 0 unspecified atom stereocenters. The number of carboxylic acid groups (broad SMARTS) is 2. The SMILES string of the molecule is COc1ccc2c3c1O[C@H]1C(OC(=O)C[C@H](OC(=O)C[C@H](O)C(=O)O)C(=O)O)=CC[C@@]4(O)[C@H](C2)N(C)CC[C@]314. The lowest BCUT2D eigenvalue weighted by molar-refractivity contribution is -0.174. The molecule has 1 aromatic rings. The zero-order chi connectivity index (χ0) is 28.3. The van der Waals surface area contributed by atoms with Crippen LogP contribution in [-0.4, -0.2) is 99.9 Å². The molecule has 0 saturated carbocycles. The minimum absolute atomic E-state index is 0.107. The first-order valence-corrected chi connectivity index (χ1v) is 12.5. The maximum Gasteiger partial charge on any atom is 0.345 e. The Balaban J connectivity index is 1.40. The first kappa shape index (κ1) is 26.9. The Labute approximate surface area is 222 Å². The van der Waals surface area contributed by atoms with Gasteiger partial charge in [0.05, 0.1) is 31.0 Å². The molecule has 2 aliphatic carbocycles. The Morgan fingerprint density at radius 2 is 1.90 bits per heavy atom. The number of likely N-dealkylation sites (tertiary alicyclic amines) is 1. The predicted octanol–water partition coefficient (Wildman–Crippen LogP) is -0.262. The second-order valence-electron chi connectivity index (χ2n) is 10.3. The summed E-state index contributed by atoms with van der Waals surface area (Å²) in [5.41, 5.74) is -0.328. The number of hydrogen-bond acceptors (Lipinski definition) is 11. The number of esters is 2. The maximum atomic E-state index is 12.9. The highest BCUT2D eigenvalue weighted by Gasteiger charge is 2.72. The largest absolute Gasteiger partial charge is 0.493 e. The zero-order valence-electron chi connectivity index (χ0n) is 21.3. The molecule has 0 aromatic heterocycles. The molecule has 1 spiro atoms. The van der Waals surface area contributed by atoms with Crippen molar-refractivity contribution in [2.24, 2.45) is 0 Å². The lowest BCUT2D eigenvalue weighted by Gasteiger charge is -2.61. The summed E-state index contributed by atoms with van der Waals surface area (Å²) in [5, 5.41) is 39.6. The number of carbonyl (C=O) groups is 4. The molecule has 2 heterocycles. The Hall–Kier alpha value is -3.68. The molecule has 2 bridgehead atoms. The van der Waals surface area contributed by atoms with Crippen LogP contribution in [0.2, 0.25) is 0 Å². The van der Waals surface area contributed by atoms with Crippen molar-refractivity contribution < 1.29 is 58.6 Å². The van der Waals surface area contributed by atoms with Crippen LogP contribution in [0.3, 0.4) is 0 Å². The fourth-order valence-corrected chi connectivity index (χ4v) is 6.54. The van der Waals surface area contributed by atoms with Gasteiger partial charge in [0.25, 0.3) is 0 Å². The topological polar surface area (TPSA) is 189 Å². The van der Waals surface area contributed by atoms with E-state index in [1.807, 2.05) is 13.1 Å². The summed E-state index contributed by atoms with van der Waals surface area (Å²) < 4.78 is 22.2. The van der Waals surface area contributed by atoms with Gasteiger partial charge in [-0.1, -0.05) is 6.07 Å². The Bertz CT molecular complexity index is 1280. The molecule has 6 atom stereocenters. The normalized spacial score (nSPS) is 29.7. The second-order valence-corrected chi connectivity index (χ2v) is 10.3. The minimum Gasteiger partial charge on any atom is -0.493 e. The van der Waals surface area contributed by atoms with E-state index in [0.717, 1.165) is 11.1 Å². The van der Waals surface area contributed by atoms with Crippen LogP contribution < -0.4 is 9.47 Å². The summed E-state index contributed by atoms with van der Waals surface area (Å²) in [6.45, 7) is 0.656. The number of aliphatic carboxylic acids is 2. The third-order valence-electron chi connectivity index (χ3n) is 8.34. The quantitative estimate of drug-likeness (QED) is 0.296. The number of ether oxygens (including phenoxy) is 4. The first-order valence-electron chi connectivity index (χ1n) is 12.5. The highest BCUT2D eigenvalue weighted by molar-refractivity contribution is 5.85. The highest BCUT2D eigenvalue weighted by atomic mass is 16.6. The molecular weight excluding hydrogens is 518 g/mol. The summed E-state index contributed by atoms with van der Waals surface area (Å²) in [5.74, 6) is -4.62. The van der Waals surface area contributed by atoms with Crippen LogP contribution in [0.1, 0.15) is 36.8 Å². The molecule has 13 nitrogen and oxygen atoms in total. The fraction of sp³-hybridized carbons (Fsp3) is 0.538. The van der Waals surface area contributed by atoms with Crippen LogP contribution >= 0.6 is 0 Å². The van der Waals surface area contributed by atoms with E-state index in [4.69, 9.17) is 24.1 Å². The van der Waals surface area contributed by atoms with Gasteiger partial charge in [0.15, 0.2) is 23.7 Å². The number of carbonyl (C=O) groups excluding carboxylic acids is 2. The van der Waals surface area contributed by atoms with Crippen LogP contribution in [0, 0.1) is 0 Å². The molecule has 2 aliphatic heterocycles. The van der Waals surface area contributed by atoms with Gasteiger partial charge in [-0.05, 0) is 44.1 Å². The summed E-state index contributed by atoms with van der Waals surface area (Å²) in [6, 6.07) is 3.54. The zero-order valence-corrected chi connectivity index (χ0v) is 21.3. The highest BCUT2D eigenvalue weighted by Crippen LogP contribution is 2.65. The van der Waals surface area contributed by atoms with Crippen LogP contribution in [0.4, 0.5) is 0 Å². The van der Waals surface area contributed by atoms with Gasteiger partial charge < -0.3 is 44.3 Å². The molecule has 0 amide bonds. The number of methoxy groups -OCH3 is 1. The van der Waals surface area contributed by atoms with Crippen molar-refractivity contribution >= 4 is 23.9 Å². The van der Waals surface area contributed by atoms with Crippen LogP contribution in [0.15, 0.2) is 24.0 Å². The van der Waals surface area contributed by atoms with Gasteiger partial charge in [-0.25, -0.2) is 9.59 Å². The lowest BCUT2D eigenvalue weighted by atomic mass is 9.50. The summed E-state index contributed by atoms with van der Waals surface area (Å²) in [7, 11) is 3.46. The molecule has 210 valence electrons. The van der Waals surface area contributed by atoms with Gasteiger partial charge in [0, 0.05) is 18.0 Å². The Morgan fingerprint density at radius 3 is 2.56 bits per heavy atom. The predicted molar refractivity (Wildman–Crippen MR) is 128 cm³/mol. The van der Waals surface area contributed by atoms with E-state index in [1.54, 1.807) is 12.1 Å². The molecular formula is C26H29NO12. The average molecular weight is 548 g/mol. The van der Waals surface area contributed by atoms with Crippen molar-refractivity contribution in [1.82, 2.24) is 4.90 Å². The standard InChI is InChI=1S/C26H29NO12/c1-27-8-7-25-20-12-3-4-14(36-2)21(20)39-22(25)15(5-6-26(25,35)17(27)9-12)37-19(30)11-16(24(33)34)38-18(29)10-13(28)23(31)32/h3-5,13,16-17,22,28,35H,6-11H2,1-2H3,(H,31,32)(H,33,34)/t13-,16-,17-,22-,25-,26+/m0/s1. The average Bonchev–Trinajstić information content (AvgIpc) is 3.23. The molecule has 13 heteroatoms. The van der Waals surface area contributed by atoms with E-state index in [0.29, 0.717) is 30.9 Å². The summed E-state index contributed by atoms with van der Waals surface area (Å²) >= 11 is 0. The summed E-state index contributed by atoms with van der Waals surface area (Å²) in [6.07, 6.45) is -3.98. The van der Waals surface area contributed by atoms with Crippen molar-refractivity contribution in [3.05, 3.63) is 35.1 Å². The number of aliphatic hydroxyl groups excluding tert-OH is 1. The number of piperidine rings is 1. The van der Waals surface area contributed by atoms with Gasteiger partial charge in [0.2, 0.25) is 6.10 Å². The lowest BCUT2D eigenvalue weighted by Crippen LogP contribution is -2.74. The van der Waals surface area contributed by atoms with Crippen molar-refractivity contribution in [3.63, 3.8) is 0 Å². The molecule has 4 aliphatic rings. The van der Waals surface area contributed by atoms with E-state index in [1.165, 1.54) is 7.11 Å². The Kier molecular flexibility index (Phi) is 6.56. The van der Waals surface area contributed by atoms with Gasteiger partial charge in [-0.2, -0.15) is 0 Å². The molecule has 39 heavy (non-hydrogen) atoms. The summed E-state index contributed by atoms with van der Waals surface area (Å²) in [4.78, 5) is 49.3. The smallest absolute Gasteiger partial charge is 0.345 e. The molecule has 1 saturated heterocycles. The number of rotatable bonds is 9. The minimum atomic E-state index is -2.08. The van der Waals surface area contributed by atoms with Gasteiger partial charge >= 0.3 is 23.9 Å². The number of likely N-dealkylation sites (N-methyl/N-ethyl adjacent to an activating group) is 1. The Morgan fingerprint density at radius 1 is 1.15 bits per heavy atom. The van der Waals surface area contributed by atoms with E-state index in [9.17, 15) is 34.5 Å². The molecule has 4 N–H and O–H groups in total. The molecule has 1 aromatic carbocycles. The number of benzene rings is 1. The number of carboxylic acids is 2. The molecule has 5 rings (SSSR count). The van der Waals surface area contributed by atoms with Gasteiger partial charge in [-0.15, -0.1) is 0 Å². The molecule has 0 radical (unpaired) electrons. The van der Waals surface area contributed by atoms with E-state index in [2.05, 4.69) is 4.90 Å². The van der Waals surface area contributed by atoms with Gasteiger partial charge in [-0.3, -0.25) is 9.59 Å². The fourth-order valence-electron chi connectivity index (χ4n) is 6.54. The number of hydrogen-bond donors (Lipinski definition) is 4. The molecule has 1 fully saturated rings.